The Bertz CT molecular complexity index is 1310. The number of halogens is 2. The van der Waals surface area contributed by atoms with Gasteiger partial charge in [-0.25, -0.2) is 22.3 Å². The number of hydrogen-bond acceptors (Lipinski definition) is 7. The Hall–Kier alpha value is -3.19. The van der Waals surface area contributed by atoms with Crippen molar-refractivity contribution in [1.29, 1.82) is 0 Å². The lowest BCUT2D eigenvalue weighted by Crippen LogP contribution is -2.57. The van der Waals surface area contributed by atoms with Crippen LogP contribution >= 0.6 is 11.6 Å². The number of carbonyl (C=O) groups excluding carboxylic acids is 4. The zero-order chi connectivity index (χ0) is 28.4. The molecule has 14 heteroatoms. The number of nitrogens with zero attached hydrogens (tertiary/aromatic N) is 1. The van der Waals surface area contributed by atoms with Crippen molar-refractivity contribution in [3.8, 4) is 0 Å². The van der Waals surface area contributed by atoms with Gasteiger partial charge in [0.15, 0.2) is 6.10 Å². The number of primary amides is 1. The zero-order valence-electron chi connectivity index (χ0n) is 21.0. The number of fused-ring (bicyclic) bond motifs is 2. The van der Waals surface area contributed by atoms with E-state index in [1.54, 1.807) is 6.08 Å². The van der Waals surface area contributed by atoms with Crippen LogP contribution in [0.2, 0.25) is 5.02 Å². The van der Waals surface area contributed by atoms with Gasteiger partial charge in [0.2, 0.25) is 5.91 Å². The summed E-state index contributed by atoms with van der Waals surface area (Å²) >= 11 is 5.83. The highest BCUT2D eigenvalue weighted by molar-refractivity contribution is 7.90. The molecule has 0 radical (unpaired) electrons. The van der Waals surface area contributed by atoms with Gasteiger partial charge < -0.3 is 20.7 Å². The molecule has 2 aliphatic heterocycles. The monoisotopic (exact) mass is 584 g/mol. The van der Waals surface area contributed by atoms with Gasteiger partial charge in [0.25, 0.3) is 21.8 Å². The summed E-state index contributed by atoms with van der Waals surface area (Å²) in [4.78, 5) is 52.0. The molecule has 4 unspecified atom stereocenters. The molecule has 1 aromatic rings. The average Bonchev–Trinajstić information content (AvgIpc) is 3.33. The number of rotatable bonds is 4. The minimum Gasteiger partial charge on any atom is -0.436 e. The van der Waals surface area contributed by atoms with Crippen LogP contribution in [-0.2, 0) is 29.1 Å². The van der Waals surface area contributed by atoms with Gasteiger partial charge in [-0.15, -0.1) is 0 Å². The molecule has 4 N–H and O–H groups in total. The molecule has 1 saturated heterocycles. The van der Waals surface area contributed by atoms with Crippen LogP contribution in [0.5, 0.6) is 0 Å². The van der Waals surface area contributed by atoms with Crippen molar-refractivity contribution in [2.24, 2.45) is 11.7 Å². The molecule has 1 aromatic carbocycles. The molecule has 0 aromatic heterocycles. The number of nitrogens with one attached hydrogen (secondary N) is 2. The Morgan fingerprint density at radius 3 is 2.69 bits per heavy atom. The number of ether oxygens (including phenoxy) is 1. The number of sulfonamides is 1. The molecule has 4 rings (SSSR count). The van der Waals surface area contributed by atoms with Gasteiger partial charge in [-0.3, -0.25) is 14.4 Å². The lowest BCUT2D eigenvalue weighted by atomic mass is 10.1. The number of benzene rings is 1. The molecular weight excluding hydrogens is 555 g/mol. The summed E-state index contributed by atoms with van der Waals surface area (Å²) in [5, 5.41) is 2.63. The largest absolute Gasteiger partial charge is 0.436 e. The summed E-state index contributed by atoms with van der Waals surface area (Å²) in [5.74, 6) is -3.83. The second-order valence-corrected chi connectivity index (χ2v) is 12.0. The van der Waals surface area contributed by atoms with E-state index < -0.39 is 68.2 Å². The molecule has 4 amide bonds. The van der Waals surface area contributed by atoms with Crippen molar-refractivity contribution in [3.63, 3.8) is 0 Å². The number of carbonyl (C=O) groups is 4. The van der Waals surface area contributed by atoms with Gasteiger partial charge in [0, 0.05) is 17.5 Å². The van der Waals surface area contributed by atoms with Gasteiger partial charge in [-0.2, -0.15) is 0 Å². The zero-order valence-corrected chi connectivity index (χ0v) is 22.6. The first-order chi connectivity index (χ1) is 18.4. The molecular formula is C25H30ClFN4O7S. The van der Waals surface area contributed by atoms with Gasteiger partial charge >= 0.3 is 6.09 Å². The van der Waals surface area contributed by atoms with E-state index in [9.17, 15) is 32.0 Å². The summed E-state index contributed by atoms with van der Waals surface area (Å²) in [7, 11) is -4.66. The molecule has 0 bridgehead atoms. The molecule has 39 heavy (non-hydrogen) atoms. The first-order valence-electron chi connectivity index (χ1n) is 12.7. The van der Waals surface area contributed by atoms with Crippen LogP contribution in [0, 0.1) is 11.7 Å². The van der Waals surface area contributed by atoms with E-state index in [2.05, 4.69) is 5.32 Å². The SMILES string of the molecule is NC(=O)OC1CCCCC/C=C/C2CC2(C(=O)NS(=O)(=O)c2cc(Cl)ccc2F)NC(=O)C2CCCN2C1=O. The van der Waals surface area contributed by atoms with Crippen molar-refractivity contribution in [3.05, 3.63) is 41.2 Å². The quantitative estimate of drug-likeness (QED) is 0.456. The highest BCUT2D eigenvalue weighted by atomic mass is 35.5. The Labute approximate surface area is 230 Å². The molecule has 1 aliphatic carbocycles. The molecule has 4 atom stereocenters. The molecule has 3 aliphatic rings. The van der Waals surface area contributed by atoms with Crippen LogP contribution in [0.1, 0.15) is 51.4 Å². The van der Waals surface area contributed by atoms with Crippen molar-refractivity contribution < 1.29 is 36.7 Å². The highest BCUT2D eigenvalue weighted by Crippen LogP contribution is 2.46. The van der Waals surface area contributed by atoms with Crippen molar-refractivity contribution in [2.45, 2.75) is 73.9 Å². The minimum atomic E-state index is -4.66. The predicted molar refractivity (Wildman–Crippen MR) is 137 cm³/mol. The third-order valence-electron chi connectivity index (χ3n) is 7.25. The van der Waals surface area contributed by atoms with E-state index in [-0.39, 0.29) is 24.4 Å². The minimum absolute atomic E-state index is 0.0403. The first kappa shape index (κ1) is 28.8. The maximum Gasteiger partial charge on any atom is 0.405 e. The highest BCUT2D eigenvalue weighted by Gasteiger charge is 2.61. The summed E-state index contributed by atoms with van der Waals surface area (Å²) in [6.07, 6.45) is 5.24. The maximum atomic E-state index is 14.3. The fraction of sp³-hybridized carbons (Fsp3) is 0.520. The maximum absolute atomic E-state index is 14.3. The average molecular weight is 585 g/mol. The lowest BCUT2D eigenvalue weighted by Gasteiger charge is -2.29. The molecule has 2 fully saturated rings. The molecule has 212 valence electrons. The van der Waals surface area contributed by atoms with Crippen LogP contribution < -0.4 is 15.8 Å². The molecule has 1 saturated carbocycles. The molecule has 11 nitrogen and oxygen atoms in total. The van der Waals surface area contributed by atoms with Crippen molar-refractivity contribution >= 4 is 45.4 Å². The Balaban J connectivity index is 1.60. The van der Waals surface area contributed by atoms with Crippen molar-refractivity contribution in [1.82, 2.24) is 14.9 Å². The first-order valence-corrected chi connectivity index (χ1v) is 14.6. The van der Waals surface area contributed by atoms with Gasteiger partial charge in [-0.05, 0) is 63.1 Å². The summed E-state index contributed by atoms with van der Waals surface area (Å²) in [5.41, 5.74) is 3.56. The van der Waals surface area contributed by atoms with E-state index in [0.29, 0.717) is 25.7 Å². The second kappa shape index (κ2) is 11.5. The van der Waals surface area contributed by atoms with Crippen LogP contribution in [0.3, 0.4) is 0 Å². The predicted octanol–water partition coefficient (Wildman–Crippen LogP) is 2.13. The van der Waals surface area contributed by atoms with Crippen LogP contribution in [0.25, 0.3) is 0 Å². The summed E-state index contributed by atoms with van der Waals surface area (Å²) in [6, 6.07) is 1.97. The normalized spacial score (nSPS) is 28.7. The standard InChI is InChI=1S/C25H30ClFN4O7S/c26-16-10-11-17(27)20(13-16)39(36,37)30-23(34)25-14-15(25)7-4-2-1-3-5-9-19(38-24(28)35)22(33)31-12-6-8-18(31)21(32)29-25/h4,7,10-11,13,15,18-19H,1-3,5-6,8-9,12,14H2,(H2,28,35)(H,29,32)(H,30,34)/b7-4+. The number of hydrogen-bond donors (Lipinski definition) is 3. The van der Waals surface area contributed by atoms with Crippen LogP contribution in [0.15, 0.2) is 35.2 Å². The summed E-state index contributed by atoms with van der Waals surface area (Å²) in [6.45, 7) is 0.237. The topological polar surface area (TPSA) is 165 Å². The Morgan fingerprint density at radius 2 is 1.95 bits per heavy atom. The van der Waals surface area contributed by atoms with E-state index in [1.165, 1.54) is 11.0 Å². The van der Waals surface area contributed by atoms with Crippen molar-refractivity contribution in [2.75, 3.05) is 6.54 Å². The van der Waals surface area contributed by atoms with Gasteiger partial charge in [-0.1, -0.05) is 30.2 Å². The third kappa shape index (κ3) is 6.35. The smallest absolute Gasteiger partial charge is 0.405 e. The van der Waals surface area contributed by atoms with E-state index in [0.717, 1.165) is 25.0 Å². The Morgan fingerprint density at radius 1 is 1.18 bits per heavy atom. The summed E-state index contributed by atoms with van der Waals surface area (Å²) < 4.78 is 47.0. The second-order valence-electron chi connectivity index (χ2n) is 9.96. The van der Waals surface area contributed by atoms with Gasteiger partial charge in [0.05, 0.1) is 0 Å². The number of nitrogens with two attached hydrogens (primary N) is 1. The third-order valence-corrected chi connectivity index (χ3v) is 8.83. The van der Waals surface area contributed by atoms with E-state index >= 15 is 0 Å². The Kier molecular flexibility index (Phi) is 8.50. The fourth-order valence-electron chi connectivity index (χ4n) is 5.13. The van der Waals surface area contributed by atoms with E-state index in [4.69, 9.17) is 22.1 Å². The van der Waals surface area contributed by atoms with Gasteiger partial charge in [0.1, 0.15) is 22.3 Å². The van der Waals surface area contributed by atoms with E-state index in [1.807, 2.05) is 10.8 Å². The molecule has 0 spiro atoms. The molecule has 2 heterocycles. The lowest BCUT2D eigenvalue weighted by molar-refractivity contribution is -0.146. The number of amides is 4. The van der Waals surface area contributed by atoms with Crippen LogP contribution in [-0.4, -0.2) is 61.4 Å². The fourth-order valence-corrected chi connectivity index (χ4v) is 6.51. The number of allylic oxidation sites excluding steroid dienone is 1. The van der Waals surface area contributed by atoms with Crippen LogP contribution in [0.4, 0.5) is 9.18 Å².